The van der Waals surface area contributed by atoms with Gasteiger partial charge in [0.2, 0.25) is 11.8 Å². The van der Waals surface area contributed by atoms with Gasteiger partial charge < -0.3 is 16.4 Å². The summed E-state index contributed by atoms with van der Waals surface area (Å²) in [5.41, 5.74) is 8.05. The highest BCUT2D eigenvalue weighted by atomic mass is 32.2. The van der Waals surface area contributed by atoms with E-state index in [2.05, 4.69) is 15.6 Å². The van der Waals surface area contributed by atoms with Crippen molar-refractivity contribution in [2.75, 3.05) is 23.3 Å². The Balaban J connectivity index is 1.26. The van der Waals surface area contributed by atoms with Crippen LogP contribution in [0.4, 0.5) is 11.4 Å². The molecule has 7 heteroatoms. The Kier molecular flexibility index (Phi) is 8.09. The first-order valence-electron chi connectivity index (χ1n) is 10.00. The predicted molar refractivity (Wildman–Crippen MR) is 123 cm³/mol. The molecule has 6 nitrogen and oxygen atoms in total. The molecular weight excluding hydrogens is 396 g/mol. The van der Waals surface area contributed by atoms with Crippen LogP contribution in [-0.2, 0) is 9.59 Å². The summed E-state index contributed by atoms with van der Waals surface area (Å²) >= 11 is 1.49. The number of hydrogen-bond acceptors (Lipinski definition) is 5. The maximum Gasteiger partial charge on any atom is 0.230 e. The van der Waals surface area contributed by atoms with E-state index in [4.69, 9.17) is 5.73 Å². The van der Waals surface area contributed by atoms with Crippen LogP contribution in [0.1, 0.15) is 25.7 Å². The first-order chi connectivity index (χ1) is 14.6. The molecule has 2 aromatic carbocycles. The summed E-state index contributed by atoms with van der Waals surface area (Å²) in [6.07, 6.45) is 4.75. The molecular formula is C23H26N4O2S. The van der Waals surface area contributed by atoms with Gasteiger partial charge in [0.15, 0.2) is 0 Å². The number of carbonyl (C=O) groups excluding carboxylic acids is 2. The summed E-state index contributed by atoms with van der Waals surface area (Å²) in [6.45, 7) is 0.625. The van der Waals surface area contributed by atoms with E-state index in [1.54, 1.807) is 6.20 Å². The van der Waals surface area contributed by atoms with Gasteiger partial charge in [0, 0.05) is 40.8 Å². The molecule has 0 saturated heterocycles. The van der Waals surface area contributed by atoms with Crippen molar-refractivity contribution < 1.29 is 9.59 Å². The van der Waals surface area contributed by atoms with Crippen LogP contribution >= 0.6 is 11.8 Å². The van der Waals surface area contributed by atoms with Crippen molar-refractivity contribution in [3.05, 3.63) is 60.8 Å². The van der Waals surface area contributed by atoms with E-state index >= 15 is 0 Å². The highest BCUT2D eigenvalue weighted by molar-refractivity contribution is 8.00. The van der Waals surface area contributed by atoms with E-state index in [0.717, 1.165) is 40.7 Å². The third-order valence-electron chi connectivity index (χ3n) is 4.54. The van der Waals surface area contributed by atoms with Crippen LogP contribution in [0.3, 0.4) is 0 Å². The number of rotatable bonds is 10. The highest BCUT2D eigenvalue weighted by Gasteiger charge is 2.05. The summed E-state index contributed by atoms with van der Waals surface area (Å²) in [7, 11) is 0. The topological polar surface area (TPSA) is 97.1 Å². The normalized spacial score (nSPS) is 10.7. The monoisotopic (exact) mass is 422 g/mol. The first kappa shape index (κ1) is 21.6. The zero-order valence-corrected chi connectivity index (χ0v) is 17.6. The van der Waals surface area contributed by atoms with Gasteiger partial charge in [-0.1, -0.05) is 12.5 Å². The molecule has 3 aromatic rings. The lowest BCUT2D eigenvalue weighted by Gasteiger charge is -2.07. The summed E-state index contributed by atoms with van der Waals surface area (Å²) in [5, 5.41) is 6.85. The van der Waals surface area contributed by atoms with Crippen molar-refractivity contribution in [2.45, 2.75) is 30.6 Å². The van der Waals surface area contributed by atoms with Gasteiger partial charge in [-0.2, -0.15) is 0 Å². The van der Waals surface area contributed by atoms with E-state index in [-0.39, 0.29) is 11.8 Å². The van der Waals surface area contributed by atoms with Gasteiger partial charge in [0.05, 0.1) is 11.3 Å². The molecule has 0 bridgehead atoms. The number of carbonyl (C=O) groups is 2. The smallest absolute Gasteiger partial charge is 0.230 e. The van der Waals surface area contributed by atoms with E-state index in [9.17, 15) is 9.59 Å². The lowest BCUT2D eigenvalue weighted by molar-refractivity contribution is -0.118. The third kappa shape index (κ3) is 7.08. The van der Waals surface area contributed by atoms with Crippen LogP contribution in [0.15, 0.2) is 65.7 Å². The van der Waals surface area contributed by atoms with Gasteiger partial charge in [-0.3, -0.25) is 14.6 Å². The molecule has 2 amide bonds. The Morgan fingerprint density at radius 2 is 1.80 bits per heavy atom. The van der Waals surface area contributed by atoms with Crippen molar-refractivity contribution in [3.8, 4) is 0 Å². The van der Waals surface area contributed by atoms with Crippen LogP contribution in [0, 0.1) is 0 Å². The summed E-state index contributed by atoms with van der Waals surface area (Å²) in [4.78, 5) is 29.3. The number of aromatic nitrogens is 1. The fourth-order valence-corrected chi connectivity index (χ4v) is 3.68. The molecule has 0 unspecified atom stereocenters. The largest absolute Gasteiger partial charge is 0.399 e. The number of pyridine rings is 1. The van der Waals surface area contributed by atoms with E-state index in [1.807, 2.05) is 54.6 Å². The zero-order chi connectivity index (χ0) is 21.2. The third-order valence-corrected chi connectivity index (χ3v) is 5.55. The highest BCUT2D eigenvalue weighted by Crippen LogP contribution is 2.19. The Hall–Kier alpha value is -3.06. The molecule has 0 spiro atoms. The molecule has 0 aliphatic carbocycles. The van der Waals surface area contributed by atoms with Crippen molar-refractivity contribution in [2.24, 2.45) is 0 Å². The van der Waals surface area contributed by atoms with Gasteiger partial charge in [-0.05, 0) is 61.4 Å². The fourth-order valence-electron chi connectivity index (χ4n) is 2.96. The number of fused-ring (bicyclic) bond motifs is 1. The zero-order valence-electron chi connectivity index (χ0n) is 16.8. The number of benzene rings is 2. The van der Waals surface area contributed by atoms with Crippen LogP contribution < -0.4 is 16.4 Å². The minimum atomic E-state index is 0.00201. The minimum absolute atomic E-state index is 0.00201. The second-order valence-corrected chi connectivity index (χ2v) is 8.03. The fraction of sp³-hybridized carbons (Fsp3) is 0.261. The van der Waals surface area contributed by atoms with Crippen molar-refractivity contribution >= 4 is 45.9 Å². The second-order valence-electron chi connectivity index (χ2n) is 6.98. The number of anilines is 2. The van der Waals surface area contributed by atoms with Gasteiger partial charge in [-0.25, -0.2) is 0 Å². The molecule has 0 aliphatic rings. The van der Waals surface area contributed by atoms with Gasteiger partial charge in [0.25, 0.3) is 0 Å². The summed E-state index contributed by atoms with van der Waals surface area (Å²) in [6, 6.07) is 17.0. The van der Waals surface area contributed by atoms with Gasteiger partial charge in [-0.15, -0.1) is 11.8 Å². The molecule has 0 saturated carbocycles. The van der Waals surface area contributed by atoms with Crippen LogP contribution in [-0.4, -0.2) is 29.1 Å². The van der Waals surface area contributed by atoms with Crippen molar-refractivity contribution in [1.82, 2.24) is 10.3 Å². The van der Waals surface area contributed by atoms with Crippen molar-refractivity contribution in [3.63, 3.8) is 0 Å². The first-order valence-corrected chi connectivity index (χ1v) is 11.0. The quantitative estimate of drug-likeness (QED) is 0.258. The Bertz CT molecular complexity index is 992. The molecule has 0 fully saturated rings. The number of nitrogen functional groups attached to an aromatic ring is 1. The molecule has 156 valence electrons. The lowest BCUT2D eigenvalue weighted by atomic mass is 10.1. The van der Waals surface area contributed by atoms with Crippen LogP contribution in [0.25, 0.3) is 10.9 Å². The number of nitrogens with two attached hydrogens (primary N) is 1. The van der Waals surface area contributed by atoms with E-state index in [1.165, 1.54) is 11.8 Å². The number of nitrogens with one attached hydrogen (secondary N) is 2. The Morgan fingerprint density at radius 3 is 2.63 bits per heavy atom. The molecule has 30 heavy (non-hydrogen) atoms. The Labute approximate surface area is 180 Å². The van der Waals surface area contributed by atoms with E-state index < -0.39 is 0 Å². The summed E-state index contributed by atoms with van der Waals surface area (Å²) in [5.74, 6) is 0.399. The average Bonchev–Trinajstić information content (AvgIpc) is 2.75. The number of amides is 2. The molecule has 0 atom stereocenters. The van der Waals surface area contributed by atoms with Crippen LogP contribution in [0.5, 0.6) is 0 Å². The molecule has 4 N–H and O–H groups in total. The predicted octanol–water partition coefficient (Wildman–Crippen LogP) is 4.22. The molecule has 1 heterocycles. The number of hydrogen-bond donors (Lipinski definition) is 3. The summed E-state index contributed by atoms with van der Waals surface area (Å²) < 4.78 is 0. The number of nitrogens with zero attached hydrogens (tertiary/aromatic N) is 1. The number of thioether (sulfide) groups is 1. The lowest BCUT2D eigenvalue weighted by Crippen LogP contribution is -2.26. The molecule has 3 rings (SSSR count). The standard InChI is InChI=1S/C23H26N4O2S/c24-18-7-10-20(11-8-18)30-16-23(29)26-13-3-1-2-6-22(28)27-19-9-12-21-17(15-19)5-4-14-25-21/h4-5,7-12,14-15H,1-3,6,13,16,24H2,(H,26,29)(H,27,28). The molecule has 0 radical (unpaired) electrons. The maximum absolute atomic E-state index is 12.1. The SMILES string of the molecule is Nc1ccc(SCC(=O)NCCCCCC(=O)Nc2ccc3ncccc3c2)cc1. The average molecular weight is 423 g/mol. The van der Waals surface area contributed by atoms with Gasteiger partial charge >= 0.3 is 0 Å². The van der Waals surface area contributed by atoms with E-state index in [0.29, 0.717) is 24.4 Å². The van der Waals surface area contributed by atoms with Crippen molar-refractivity contribution in [1.29, 1.82) is 0 Å². The minimum Gasteiger partial charge on any atom is -0.399 e. The van der Waals surface area contributed by atoms with Crippen LogP contribution in [0.2, 0.25) is 0 Å². The Morgan fingerprint density at radius 1 is 0.967 bits per heavy atom. The number of unbranched alkanes of at least 4 members (excludes halogenated alkanes) is 2. The van der Waals surface area contributed by atoms with Gasteiger partial charge in [0.1, 0.15) is 0 Å². The maximum atomic E-state index is 12.1. The second kappa shape index (κ2) is 11.2. The molecule has 0 aliphatic heterocycles. The molecule has 1 aromatic heterocycles.